The van der Waals surface area contributed by atoms with Gasteiger partial charge >= 0.3 is 11.9 Å². The van der Waals surface area contributed by atoms with Crippen molar-refractivity contribution in [1.29, 1.82) is 0 Å². The number of unbranched alkanes of at least 4 members (excludes halogenated alkanes) is 18. The van der Waals surface area contributed by atoms with E-state index in [4.69, 9.17) is 9.47 Å². The molecule has 5 nitrogen and oxygen atoms in total. The fourth-order valence-electron chi connectivity index (χ4n) is 6.11. The Kier molecular flexibility index (Phi) is 35.9. The lowest BCUT2D eigenvalue weighted by atomic mass is 9.89. The summed E-state index contributed by atoms with van der Waals surface area (Å²) in [7, 11) is 4.33. The summed E-state index contributed by atoms with van der Waals surface area (Å²) < 4.78 is 10.7. The van der Waals surface area contributed by atoms with Crippen molar-refractivity contribution >= 4 is 11.9 Å². The number of allylic oxidation sites excluding steroid dienone is 2. The molecule has 0 aromatic rings. The number of nitrogens with zero attached hydrogens (tertiary/aromatic N) is 1. The van der Waals surface area contributed by atoms with E-state index >= 15 is 0 Å². The van der Waals surface area contributed by atoms with E-state index in [1.54, 1.807) is 0 Å². The predicted molar refractivity (Wildman–Crippen MR) is 203 cm³/mol. The van der Waals surface area contributed by atoms with E-state index in [1.165, 1.54) is 135 Å². The molecule has 0 amide bonds. The maximum Gasteiger partial charge on any atom is 0.306 e. The van der Waals surface area contributed by atoms with Crippen molar-refractivity contribution in [3.05, 3.63) is 24.3 Å². The summed E-state index contributed by atoms with van der Waals surface area (Å²) in [5.74, 6) is 0.746. The van der Waals surface area contributed by atoms with Crippen LogP contribution in [0.4, 0.5) is 0 Å². The second-order valence-corrected chi connectivity index (χ2v) is 14.1. The second-order valence-electron chi connectivity index (χ2n) is 14.1. The van der Waals surface area contributed by atoms with Gasteiger partial charge in [-0.15, -0.1) is 0 Å². The standard InChI is InChI=1S/C42H79NO4/c1-5-7-9-11-13-21-30-38-46-41(44)35-27-19-15-17-24-32-40(34-26-23-29-37-43(3)4)33-25-18-16-20-28-36-42(45)47-39-31-22-14-12-10-8-6-2/h21-22,30-31,40H,5-20,23-29,32-39H2,1-4H3/b30-21-,31-22-. The molecule has 0 aliphatic heterocycles. The number of ether oxygens (including phenoxy) is 2. The molecule has 0 bridgehead atoms. The van der Waals surface area contributed by atoms with Crippen LogP contribution in [-0.4, -0.2) is 50.7 Å². The van der Waals surface area contributed by atoms with Gasteiger partial charge in [0.15, 0.2) is 0 Å². The lowest BCUT2D eigenvalue weighted by Crippen LogP contribution is -2.12. The van der Waals surface area contributed by atoms with Crippen LogP contribution in [0.25, 0.3) is 0 Å². The van der Waals surface area contributed by atoms with Gasteiger partial charge in [-0.1, -0.05) is 160 Å². The molecular weight excluding hydrogens is 582 g/mol. The average Bonchev–Trinajstić information content (AvgIpc) is 3.05. The van der Waals surface area contributed by atoms with Gasteiger partial charge in [-0.05, 0) is 71.5 Å². The highest BCUT2D eigenvalue weighted by atomic mass is 16.5. The van der Waals surface area contributed by atoms with Crippen LogP contribution in [-0.2, 0) is 19.1 Å². The number of hydrogen-bond acceptors (Lipinski definition) is 5. The third-order valence-electron chi connectivity index (χ3n) is 9.17. The Bertz CT molecular complexity index is 680. The molecule has 0 aromatic heterocycles. The summed E-state index contributed by atoms with van der Waals surface area (Å²) in [4.78, 5) is 26.3. The largest absolute Gasteiger partial charge is 0.461 e. The van der Waals surface area contributed by atoms with E-state index in [0.717, 1.165) is 44.4 Å². The molecule has 276 valence electrons. The van der Waals surface area contributed by atoms with Crippen LogP contribution in [0.15, 0.2) is 24.3 Å². The van der Waals surface area contributed by atoms with Crippen LogP contribution < -0.4 is 0 Å². The topological polar surface area (TPSA) is 55.8 Å². The van der Waals surface area contributed by atoms with Gasteiger partial charge in [0.2, 0.25) is 0 Å². The van der Waals surface area contributed by atoms with E-state index < -0.39 is 0 Å². The normalized spacial score (nSPS) is 11.9. The van der Waals surface area contributed by atoms with E-state index in [2.05, 4.69) is 45.0 Å². The Morgan fingerprint density at radius 2 is 0.872 bits per heavy atom. The first kappa shape index (κ1) is 45.4. The zero-order valence-corrected chi connectivity index (χ0v) is 31.9. The highest BCUT2D eigenvalue weighted by molar-refractivity contribution is 5.69. The Labute approximate surface area is 293 Å². The molecule has 0 spiro atoms. The summed E-state index contributed by atoms with van der Waals surface area (Å²) in [6.45, 7) is 6.50. The minimum absolute atomic E-state index is 0.0499. The molecule has 5 heteroatoms. The lowest BCUT2D eigenvalue weighted by Gasteiger charge is -2.17. The maximum atomic E-state index is 12.0. The van der Waals surface area contributed by atoms with Crippen molar-refractivity contribution in [2.75, 3.05) is 33.9 Å². The van der Waals surface area contributed by atoms with Crippen molar-refractivity contribution in [2.45, 2.75) is 194 Å². The van der Waals surface area contributed by atoms with Crippen LogP contribution in [0.5, 0.6) is 0 Å². The third kappa shape index (κ3) is 37.1. The number of carbonyl (C=O) groups excluding carboxylic acids is 2. The smallest absolute Gasteiger partial charge is 0.306 e. The van der Waals surface area contributed by atoms with Gasteiger partial charge in [0.25, 0.3) is 0 Å². The molecule has 0 heterocycles. The number of rotatable bonds is 36. The Hall–Kier alpha value is -1.62. The molecule has 0 radical (unpaired) electrons. The fraction of sp³-hybridized carbons (Fsp3) is 0.857. The summed E-state index contributed by atoms with van der Waals surface area (Å²) in [6.07, 6.45) is 41.6. The summed E-state index contributed by atoms with van der Waals surface area (Å²) in [5, 5.41) is 0. The number of esters is 2. The van der Waals surface area contributed by atoms with E-state index in [1.807, 2.05) is 12.2 Å². The summed E-state index contributed by atoms with van der Waals surface area (Å²) in [6, 6.07) is 0. The molecule has 0 saturated carbocycles. The molecule has 0 aliphatic rings. The molecule has 0 N–H and O–H groups in total. The minimum atomic E-state index is -0.0499. The van der Waals surface area contributed by atoms with Crippen LogP contribution in [0.3, 0.4) is 0 Å². The molecule has 0 atom stereocenters. The second kappa shape index (κ2) is 37.2. The predicted octanol–water partition coefficient (Wildman–Crippen LogP) is 12.3. The molecule has 0 aliphatic carbocycles. The molecule has 47 heavy (non-hydrogen) atoms. The number of carbonyl (C=O) groups is 2. The van der Waals surface area contributed by atoms with Gasteiger partial charge in [-0.3, -0.25) is 9.59 Å². The SMILES string of the molecule is CCCCCC/C=C\COC(=O)CCCCCCCC(CCCCCCCC(=O)OC/C=C\CCCCCC)CCCCCN(C)C. The fourth-order valence-corrected chi connectivity index (χ4v) is 6.11. The Balaban J connectivity index is 3.99. The van der Waals surface area contributed by atoms with Gasteiger partial charge in [-0.25, -0.2) is 0 Å². The lowest BCUT2D eigenvalue weighted by molar-refractivity contribution is -0.143. The van der Waals surface area contributed by atoms with Crippen LogP contribution in [0, 0.1) is 5.92 Å². The zero-order valence-electron chi connectivity index (χ0n) is 31.9. The zero-order chi connectivity index (χ0) is 34.5. The highest BCUT2D eigenvalue weighted by Gasteiger charge is 2.10. The molecular formula is C42H79NO4. The first-order chi connectivity index (χ1) is 23.0. The summed E-state index contributed by atoms with van der Waals surface area (Å²) in [5.41, 5.74) is 0. The van der Waals surface area contributed by atoms with Crippen LogP contribution in [0.1, 0.15) is 194 Å². The van der Waals surface area contributed by atoms with E-state index in [-0.39, 0.29) is 11.9 Å². The van der Waals surface area contributed by atoms with E-state index in [0.29, 0.717) is 26.1 Å². The van der Waals surface area contributed by atoms with Crippen molar-refractivity contribution in [2.24, 2.45) is 5.92 Å². The van der Waals surface area contributed by atoms with Gasteiger partial charge in [0.05, 0.1) is 0 Å². The van der Waals surface area contributed by atoms with Gasteiger partial charge in [0, 0.05) is 12.8 Å². The first-order valence-electron chi connectivity index (χ1n) is 20.3. The average molecular weight is 662 g/mol. The van der Waals surface area contributed by atoms with Gasteiger partial charge < -0.3 is 14.4 Å². The Morgan fingerprint density at radius 3 is 1.30 bits per heavy atom. The minimum Gasteiger partial charge on any atom is -0.461 e. The van der Waals surface area contributed by atoms with Crippen molar-refractivity contribution in [1.82, 2.24) is 4.90 Å². The van der Waals surface area contributed by atoms with Gasteiger partial charge in [-0.2, -0.15) is 0 Å². The molecule has 0 saturated heterocycles. The maximum absolute atomic E-state index is 12.0. The van der Waals surface area contributed by atoms with Gasteiger partial charge in [0.1, 0.15) is 13.2 Å². The Morgan fingerprint density at radius 1 is 0.489 bits per heavy atom. The van der Waals surface area contributed by atoms with Crippen LogP contribution >= 0.6 is 0 Å². The van der Waals surface area contributed by atoms with Crippen molar-refractivity contribution in [3.8, 4) is 0 Å². The monoisotopic (exact) mass is 662 g/mol. The first-order valence-corrected chi connectivity index (χ1v) is 20.3. The molecule has 0 fully saturated rings. The molecule has 0 unspecified atom stereocenters. The van der Waals surface area contributed by atoms with Crippen LogP contribution in [0.2, 0.25) is 0 Å². The highest BCUT2D eigenvalue weighted by Crippen LogP contribution is 2.24. The van der Waals surface area contributed by atoms with E-state index in [9.17, 15) is 9.59 Å². The third-order valence-corrected chi connectivity index (χ3v) is 9.17. The van der Waals surface area contributed by atoms with Crippen molar-refractivity contribution in [3.63, 3.8) is 0 Å². The summed E-state index contributed by atoms with van der Waals surface area (Å²) >= 11 is 0. The number of hydrogen-bond donors (Lipinski definition) is 0. The molecule has 0 aromatic carbocycles. The molecule has 0 rings (SSSR count). The van der Waals surface area contributed by atoms with Crippen molar-refractivity contribution < 1.29 is 19.1 Å². The quantitative estimate of drug-likeness (QED) is 0.0380.